The van der Waals surface area contributed by atoms with Crippen molar-refractivity contribution in [2.45, 2.75) is 77.0 Å². The number of rotatable bonds is 21. The van der Waals surface area contributed by atoms with Crippen LogP contribution in [0, 0.1) is 11.7 Å². The van der Waals surface area contributed by atoms with Crippen LogP contribution in [0.2, 0.25) is 0 Å². The van der Waals surface area contributed by atoms with Gasteiger partial charge in [0.05, 0.1) is 5.69 Å². The van der Waals surface area contributed by atoms with Gasteiger partial charge in [-0.25, -0.2) is 9.38 Å². The summed E-state index contributed by atoms with van der Waals surface area (Å²) in [5, 5.41) is 10.7. The largest absolute Gasteiger partial charge is 0.370 e. The SMILES string of the molecule is C/C=C/C=C/C(=O)N[C@@H](Cc1ccc(F)cc1)C(=O)N[C@@H](Cc1ccc(N=C(N)N)cc1)C(=O)N[C@@H](CC(C)C)C(=O)N[C@@H](CCCN=C(N)N)C(N)=O. The fourth-order valence-corrected chi connectivity index (χ4v) is 5.15. The molecule has 16 nitrogen and oxygen atoms in total. The minimum absolute atomic E-state index is 0.0348. The van der Waals surface area contributed by atoms with Gasteiger partial charge >= 0.3 is 0 Å². The number of hydrogen-bond acceptors (Lipinski definition) is 7. The second kappa shape index (κ2) is 22.6. The Labute approximate surface area is 314 Å². The molecule has 5 amide bonds. The van der Waals surface area contributed by atoms with Gasteiger partial charge in [-0.3, -0.25) is 29.0 Å². The van der Waals surface area contributed by atoms with E-state index < -0.39 is 59.5 Å². The number of carbonyl (C=O) groups is 5. The number of primary amides is 1. The van der Waals surface area contributed by atoms with Gasteiger partial charge in [0.2, 0.25) is 29.5 Å². The van der Waals surface area contributed by atoms with Crippen molar-refractivity contribution >= 4 is 47.1 Å². The Bertz CT molecular complexity index is 1680. The summed E-state index contributed by atoms with van der Waals surface area (Å²) in [6.07, 6.45) is 6.65. The first-order valence-corrected chi connectivity index (χ1v) is 17.4. The average molecular weight is 750 g/mol. The van der Waals surface area contributed by atoms with Crippen LogP contribution in [-0.4, -0.2) is 72.2 Å². The third kappa shape index (κ3) is 16.8. The van der Waals surface area contributed by atoms with Crippen molar-refractivity contribution in [3.05, 3.63) is 89.8 Å². The Balaban J connectivity index is 2.44. The highest BCUT2D eigenvalue weighted by atomic mass is 19.1. The summed E-state index contributed by atoms with van der Waals surface area (Å²) in [5.74, 6) is -4.30. The van der Waals surface area contributed by atoms with Gasteiger partial charge < -0.3 is 49.9 Å². The smallest absolute Gasteiger partial charge is 0.244 e. The van der Waals surface area contributed by atoms with Crippen molar-refractivity contribution < 1.29 is 28.4 Å². The lowest BCUT2D eigenvalue weighted by Crippen LogP contribution is -2.59. The lowest BCUT2D eigenvalue weighted by molar-refractivity contribution is -0.134. The molecule has 0 aliphatic heterocycles. The van der Waals surface area contributed by atoms with Gasteiger partial charge in [-0.1, -0.05) is 56.3 Å². The molecule has 17 heteroatoms. The molecule has 54 heavy (non-hydrogen) atoms. The highest BCUT2D eigenvalue weighted by Gasteiger charge is 2.31. The van der Waals surface area contributed by atoms with Crippen LogP contribution in [0.3, 0.4) is 0 Å². The fourth-order valence-electron chi connectivity index (χ4n) is 5.15. The Hall–Kier alpha value is -6.26. The fraction of sp³-hybridized carbons (Fsp3) is 0.378. The standard InChI is InChI=1S/C37H52FN11O5/c1-4-5-6-9-31(50)46-29(20-23-10-14-25(38)15-11-23)34(53)49-30(21-24-12-16-26(17-13-24)45-37(42)43)35(54)48-28(19-22(2)3)33(52)47-27(32(39)51)8-7-18-44-36(40)41/h4-6,9-17,22,27-30H,7-8,18-21H2,1-3H3,(H2,39,51)(H,46,50)(H,47,52)(H,48,54)(H,49,53)(H4,40,41,44)(H4,42,43,45)/b5-4+,9-6+/t27-,28-,29-,30-/m0/s1. The van der Waals surface area contributed by atoms with Crippen LogP contribution in [0.15, 0.2) is 82.8 Å². The summed E-state index contributed by atoms with van der Waals surface area (Å²) in [6.45, 7) is 5.67. The summed E-state index contributed by atoms with van der Waals surface area (Å²) >= 11 is 0. The Morgan fingerprint density at radius 2 is 1.22 bits per heavy atom. The third-order valence-corrected chi connectivity index (χ3v) is 7.75. The first kappa shape index (κ1) is 43.9. The summed E-state index contributed by atoms with van der Waals surface area (Å²) in [4.78, 5) is 74.4. The third-order valence-electron chi connectivity index (χ3n) is 7.75. The Morgan fingerprint density at radius 1 is 0.704 bits per heavy atom. The molecule has 14 N–H and O–H groups in total. The van der Waals surface area contributed by atoms with Crippen molar-refractivity contribution in [1.29, 1.82) is 0 Å². The second-order valence-corrected chi connectivity index (χ2v) is 12.8. The lowest BCUT2D eigenvalue weighted by Gasteiger charge is -2.27. The zero-order chi connectivity index (χ0) is 40.2. The highest BCUT2D eigenvalue weighted by Crippen LogP contribution is 2.15. The normalized spacial score (nSPS) is 13.4. The van der Waals surface area contributed by atoms with Crippen molar-refractivity contribution in [1.82, 2.24) is 21.3 Å². The molecule has 0 radical (unpaired) electrons. The zero-order valence-electron chi connectivity index (χ0n) is 30.8. The van der Waals surface area contributed by atoms with Crippen LogP contribution in [0.4, 0.5) is 10.1 Å². The summed E-state index contributed by atoms with van der Waals surface area (Å²) in [5.41, 5.74) is 28.8. The average Bonchev–Trinajstić information content (AvgIpc) is 3.09. The van der Waals surface area contributed by atoms with Gasteiger partial charge in [0.25, 0.3) is 0 Å². The highest BCUT2D eigenvalue weighted by molar-refractivity contribution is 5.97. The zero-order valence-corrected chi connectivity index (χ0v) is 30.8. The molecule has 2 aromatic carbocycles. The van der Waals surface area contributed by atoms with E-state index in [4.69, 9.17) is 28.7 Å². The molecule has 0 aliphatic carbocycles. The minimum Gasteiger partial charge on any atom is -0.370 e. The molecule has 0 bridgehead atoms. The molecule has 0 spiro atoms. The molecule has 0 fully saturated rings. The van der Waals surface area contributed by atoms with E-state index in [1.165, 1.54) is 36.4 Å². The Morgan fingerprint density at radius 3 is 1.74 bits per heavy atom. The van der Waals surface area contributed by atoms with Gasteiger partial charge in [0.1, 0.15) is 30.0 Å². The second-order valence-electron chi connectivity index (χ2n) is 12.8. The van der Waals surface area contributed by atoms with Gasteiger partial charge in [0, 0.05) is 25.5 Å². The number of nitrogens with one attached hydrogen (secondary N) is 4. The molecule has 0 heterocycles. The topological polar surface area (TPSA) is 288 Å². The maximum atomic E-state index is 14.1. The quantitative estimate of drug-likeness (QED) is 0.0276. The molecule has 292 valence electrons. The van der Waals surface area contributed by atoms with Crippen molar-refractivity contribution in [2.24, 2.45) is 44.6 Å². The molecule has 2 rings (SSSR count). The number of amides is 5. The molecular weight excluding hydrogens is 697 g/mol. The monoisotopic (exact) mass is 749 g/mol. The molecule has 4 atom stereocenters. The number of hydrogen-bond donors (Lipinski definition) is 9. The van der Waals surface area contributed by atoms with Crippen LogP contribution >= 0.6 is 0 Å². The molecule has 0 unspecified atom stereocenters. The number of carbonyl (C=O) groups excluding carboxylic acids is 5. The van der Waals surface area contributed by atoms with E-state index in [0.29, 0.717) is 23.2 Å². The van der Waals surface area contributed by atoms with Crippen molar-refractivity contribution in [3.63, 3.8) is 0 Å². The van der Waals surface area contributed by atoms with E-state index in [1.54, 1.807) is 43.3 Å². The van der Waals surface area contributed by atoms with Crippen LogP contribution in [0.1, 0.15) is 51.2 Å². The first-order valence-electron chi connectivity index (χ1n) is 17.4. The van der Waals surface area contributed by atoms with E-state index in [-0.39, 0.29) is 50.1 Å². The van der Waals surface area contributed by atoms with Crippen LogP contribution in [-0.2, 0) is 36.8 Å². The van der Waals surface area contributed by atoms with E-state index >= 15 is 0 Å². The van der Waals surface area contributed by atoms with E-state index in [2.05, 4.69) is 31.3 Å². The molecule has 0 saturated carbocycles. The maximum Gasteiger partial charge on any atom is 0.244 e. The number of halogens is 1. The minimum atomic E-state index is -1.27. The Kier molecular flexibility index (Phi) is 18.4. The molecule has 2 aromatic rings. The van der Waals surface area contributed by atoms with Crippen LogP contribution < -0.4 is 49.9 Å². The van der Waals surface area contributed by atoms with Gasteiger partial charge in [-0.2, -0.15) is 0 Å². The number of nitrogens with zero attached hydrogens (tertiary/aromatic N) is 2. The summed E-state index contributed by atoms with van der Waals surface area (Å²) in [7, 11) is 0. The number of benzene rings is 2. The van der Waals surface area contributed by atoms with Gasteiger partial charge in [-0.15, -0.1) is 0 Å². The van der Waals surface area contributed by atoms with E-state index in [0.717, 1.165) is 0 Å². The maximum absolute atomic E-state index is 14.1. The van der Waals surface area contributed by atoms with E-state index in [1.807, 2.05) is 13.8 Å². The summed E-state index contributed by atoms with van der Waals surface area (Å²) < 4.78 is 13.7. The number of allylic oxidation sites excluding steroid dienone is 3. The number of guanidine groups is 2. The predicted octanol–water partition coefficient (Wildman–Crippen LogP) is 0.172. The van der Waals surface area contributed by atoms with Crippen LogP contribution in [0.25, 0.3) is 0 Å². The first-order chi connectivity index (χ1) is 25.6. The van der Waals surface area contributed by atoms with Crippen molar-refractivity contribution in [2.75, 3.05) is 6.54 Å². The molecule has 0 aromatic heterocycles. The molecule has 0 saturated heterocycles. The lowest BCUT2D eigenvalue weighted by atomic mass is 9.99. The van der Waals surface area contributed by atoms with Gasteiger partial charge in [-0.05, 0) is 67.5 Å². The van der Waals surface area contributed by atoms with E-state index in [9.17, 15) is 28.4 Å². The van der Waals surface area contributed by atoms with Gasteiger partial charge in [0.15, 0.2) is 11.9 Å². The number of nitrogens with two attached hydrogens (primary N) is 5. The van der Waals surface area contributed by atoms with Crippen LogP contribution in [0.5, 0.6) is 0 Å². The molecular formula is C37H52FN11O5. The molecule has 0 aliphatic rings. The van der Waals surface area contributed by atoms with Crippen molar-refractivity contribution in [3.8, 4) is 0 Å². The number of aliphatic imine (C=N–C) groups is 2. The summed E-state index contributed by atoms with van der Waals surface area (Å²) in [6, 6.07) is 7.31. The predicted molar refractivity (Wildman–Crippen MR) is 206 cm³/mol.